The van der Waals surface area contributed by atoms with Gasteiger partial charge in [-0.05, 0) is 56.0 Å². The van der Waals surface area contributed by atoms with E-state index in [2.05, 4.69) is 125 Å². The van der Waals surface area contributed by atoms with Crippen LogP contribution in [0.3, 0.4) is 0 Å². The van der Waals surface area contributed by atoms with Gasteiger partial charge in [0.05, 0.1) is 0 Å². The fourth-order valence-corrected chi connectivity index (χ4v) is 5.86. The van der Waals surface area contributed by atoms with E-state index in [0.29, 0.717) is 0 Å². The monoisotopic (exact) mass is 609 g/mol. The number of hydrogen-bond donors (Lipinski definition) is 0. The number of hydrogen-bond acceptors (Lipinski definition) is 0. The van der Waals surface area contributed by atoms with Crippen LogP contribution in [0.2, 0.25) is 0 Å². The maximum atomic E-state index is 3.84. The van der Waals surface area contributed by atoms with Crippen LogP contribution in [0.4, 0.5) is 0 Å². The molecule has 0 amide bonds. The number of benzene rings is 4. The summed E-state index contributed by atoms with van der Waals surface area (Å²) < 4.78 is 0. The Hall–Kier alpha value is -2.44. The fraction of sp³-hybridized carbons (Fsp3) is 0.143. The van der Waals surface area contributed by atoms with Crippen LogP contribution in [0.1, 0.15) is 50.9 Å². The molecule has 0 spiro atoms. The van der Waals surface area contributed by atoms with Crippen LogP contribution in [0.25, 0.3) is 28.3 Å². The Bertz CT molecular complexity index is 1640. The predicted molar refractivity (Wildman–Crippen MR) is 149 cm³/mol. The van der Waals surface area contributed by atoms with E-state index in [1.165, 1.54) is 77.2 Å². The van der Waals surface area contributed by atoms with Crippen molar-refractivity contribution in [2.75, 3.05) is 0 Å². The molecule has 4 aromatic rings. The minimum absolute atomic E-state index is 0. The second-order valence-corrected chi connectivity index (χ2v) is 9.72. The SMILES string of the molecule is Cc1c(C)c(C2=CC=CC2)c2c(c1C)-c1c(C)c(=C(c3ccccc3)c3ccccc3)ccc1=[C-]2.[Cl-].[Cl-].[Zr+3]. The molecule has 0 aliphatic heterocycles. The first kappa shape index (κ1) is 30.1. The van der Waals surface area contributed by atoms with Gasteiger partial charge in [-0.2, -0.15) is 0 Å². The van der Waals surface area contributed by atoms with Crippen molar-refractivity contribution < 1.29 is 51.0 Å². The van der Waals surface area contributed by atoms with Gasteiger partial charge in [0.15, 0.2) is 0 Å². The van der Waals surface area contributed by atoms with Crippen LogP contribution in [0, 0.1) is 27.7 Å². The van der Waals surface area contributed by atoms with Crippen molar-refractivity contribution in [3.05, 3.63) is 146 Å². The van der Waals surface area contributed by atoms with Crippen LogP contribution in [-0.4, -0.2) is 0 Å². The van der Waals surface area contributed by atoms with Gasteiger partial charge >= 0.3 is 26.2 Å². The third kappa shape index (κ3) is 4.86. The Balaban J connectivity index is 0.00000133. The van der Waals surface area contributed by atoms with Crippen LogP contribution in [0.15, 0.2) is 91.0 Å². The van der Waals surface area contributed by atoms with E-state index in [0.717, 1.165) is 6.42 Å². The molecule has 0 atom stereocenters. The Kier molecular flexibility index (Phi) is 9.64. The second kappa shape index (κ2) is 12.2. The van der Waals surface area contributed by atoms with E-state index in [9.17, 15) is 0 Å². The molecule has 6 rings (SSSR count). The summed E-state index contributed by atoms with van der Waals surface area (Å²) in [7, 11) is 0. The van der Waals surface area contributed by atoms with Gasteiger partial charge in [-0.15, -0.1) is 34.1 Å². The smallest absolute Gasteiger partial charge is 1.00 e. The molecule has 0 saturated carbocycles. The first-order valence-electron chi connectivity index (χ1n) is 12.4. The molecule has 0 unspecified atom stereocenters. The second-order valence-electron chi connectivity index (χ2n) is 9.72. The van der Waals surface area contributed by atoms with Gasteiger partial charge < -0.3 is 24.8 Å². The molecule has 0 fully saturated rings. The molecule has 187 valence electrons. The van der Waals surface area contributed by atoms with Gasteiger partial charge in [0, 0.05) is 0 Å². The molecule has 38 heavy (non-hydrogen) atoms. The van der Waals surface area contributed by atoms with E-state index >= 15 is 0 Å². The zero-order valence-electron chi connectivity index (χ0n) is 22.1. The summed E-state index contributed by atoms with van der Waals surface area (Å²) in [5.74, 6) is 0. The molecule has 0 N–H and O–H groups in total. The average Bonchev–Trinajstić information content (AvgIpc) is 3.55. The van der Waals surface area contributed by atoms with Crippen molar-refractivity contribution in [3.8, 4) is 11.1 Å². The van der Waals surface area contributed by atoms with E-state index in [1.54, 1.807) is 0 Å². The minimum Gasteiger partial charge on any atom is -1.00 e. The molecule has 0 heterocycles. The molecule has 3 heteroatoms. The normalized spacial score (nSPS) is 12.3. The molecule has 0 nitrogen and oxygen atoms in total. The van der Waals surface area contributed by atoms with E-state index in [4.69, 9.17) is 0 Å². The topological polar surface area (TPSA) is 0 Å². The third-order valence-electron chi connectivity index (χ3n) is 7.84. The predicted octanol–water partition coefficient (Wildman–Crippen LogP) is 1.20. The number of halogens is 2. The maximum absolute atomic E-state index is 3.84. The van der Waals surface area contributed by atoms with E-state index in [-0.39, 0.29) is 51.0 Å². The zero-order chi connectivity index (χ0) is 24.1. The van der Waals surface area contributed by atoms with Crippen LogP contribution >= 0.6 is 0 Å². The van der Waals surface area contributed by atoms with Gasteiger partial charge in [0.2, 0.25) is 0 Å². The van der Waals surface area contributed by atoms with Crippen LogP contribution in [-0.2, 0) is 26.2 Å². The molecule has 4 aromatic carbocycles. The van der Waals surface area contributed by atoms with E-state index < -0.39 is 0 Å². The van der Waals surface area contributed by atoms with Gasteiger partial charge in [0.25, 0.3) is 0 Å². The Morgan fingerprint density at radius 1 is 0.632 bits per heavy atom. The Labute approximate surface area is 257 Å². The summed E-state index contributed by atoms with van der Waals surface area (Å²) in [5.41, 5.74) is 16.0. The summed E-state index contributed by atoms with van der Waals surface area (Å²) in [4.78, 5) is 0. The summed E-state index contributed by atoms with van der Waals surface area (Å²) in [6.07, 6.45) is 11.5. The van der Waals surface area contributed by atoms with Crippen molar-refractivity contribution in [1.29, 1.82) is 0 Å². The Morgan fingerprint density at radius 3 is 1.76 bits per heavy atom. The van der Waals surface area contributed by atoms with Gasteiger partial charge in [-0.3, -0.25) is 0 Å². The third-order valence-corrected chi connectivity index (χ3v) is 7.84. The molecule has 1 radical (unpaired) electrons. The van der Waals surface area contributed by atoms with Crippen LogP contribution in [0.5, 0.6) is 0 Å². The molecule has 0 aromatic heterocycles. The fourth-order valence-electron chi connectivity index (χ4n) is 5.86. The van der Waals surface area contributed by atoms with Gasteiger partial charge in [-0.1, -0.05) is 118 Å². The maximum Gasteiger partial charge on any atom is 3.00 e. The number of rotatable bonds is 3. The summed E-state index contributed by atoms with van der Waals surface area (Å²) >= 11 is 0. The average molecular weight is 612 g/mol. The van der Waals surface area contributed by atoms with Gasteiger partial charge in [0.1, 0.15) is 0 Å². The van der Waals surface area contributed by atoms with Crippen molar-refractivity contribution in [3.63, 3.8) is 0 Å². The quantitative estimate of drug-likeness (QED) is 0.269. The first-order chi connectivity index (χ1) is 17.1. The van der Waals surface area contributed by atoms with E-state index in [1.807, 2.05) is 0 Å². The molecular formula is C35H29Cl2Zr. The number of fused-ring (bicyclic) bond motifs is 3. The minimum atomic E-state index is 0. The molecular weight excluding hydrogens is 583 g/mol. The standard InChI is InChI=1S/C35H29.2ClH.Zr/c1-22-23(2)32(26-17-11-12-18-26)31-21-29-19-20-30(25(4)33(29)34(31)24(22)3)35(27-13-7-5-8-14-27)28-15-9-6-10-16-28;;;/h5-17,19-20H,18H2,1-4H3;2*1H;/q-1;;;+3/p-2. The number of allylic oxidation sites excluding steroid dienone is 4. The Morgan fingerprint density at radius 2 is 1.21 bits per heavy atom. The van der Waals surface area contributed by atoms with Crippen molar-refractivity contribution in [2.45, 2.75) is 34.1 Å². The van der Waals surface area contributed by atoms with Gasteiger partial charge in [-0.25, -0.2) is 0 Å². The summed E-state index contributed by atoms with van der Waals surface area (Å²) in [6.45, 7) is 9.13. The summed E-state index contributed by atoms with van der Waals surface area (Å²) in [6, 6.07) is 26.1. The first-order valence-corrected chi connectivity index (χ1v) is 12.4. The van der Waals surface area contributed by atoms with Crippen molar-refractivity contribution >= 4 is 17.2 Å². The molecule has 2 aliphatic carbocycles. The van der Waals surface area contributed by atoms with Crippen molar-refractivity contribution in [2.24, 2.45) is 0 Å². The zero-order valence-corrected chi connectivity index (χ0v) is 26.1. The van der Waals surface area contributed by atoms with Crippen molar-refractivity contribution in [1.82, 2.24) is 0 Å². The van der Waals surface area contributed by atoms with Crippen LogP contribution < -0.4 is 35.3 Å². The molecule has 2 aliphatic rings. The largest absolute Gasteiger partial charge is 3.00 e. The molecule has 0 saturated heterocycles. The molecule has 0 bridgehead atoms. The summed E-state index contributed by atoms with van der Waals surface area (Å²) in [5, 5.41) is 2.50.